The average molecular weight is 307 g/mol. The van der Waals surface area contributed by atoms with Crippen molar-refractivity contribution in [3.05, 3.63) is 36.0 Å². The van der Waals surface area contributed by atoms with Gasteiger partial charge in [0.1, 0.15) is 6.23 Å². The number of allylic oxidation sites excluding steroid dienone is 3. The highest BCUT2D eigenvalue weighted by Crippen LogP contribution is 2.17. The zero-order valence-corrected chi connectivity index (χ0v) is 13.5. The molecular formula is C17H25NO4. The van der Waals surface area contributed by atoms with Crippen molar-refractivity contribution in [3.63, 3.8) is 0 Å². The summed E-state index contributed by atoms with van der Waals surface area (Å²) < 4.78 is 16.1. The summed E-state index contributed by atoms with van der Waals surface area (Å²) in [6, 6.07) is 0.358. The maximum absolute atomic E-state index is 11.0. The molecule has 4 unspecified atom stereocenters. The predicted octanol–water partition coefficient (Wildman–Crippen LogP) is 2.10. The van der Waals surface area contributed by atoms with E-state index in [9.17, 15) is 4.79 Å². The first kappa shape index (κ1) is 16.9. The van der Waals surface area contributed by atoms with Gasteiger partial charge in [-0.15, -0.1) is 0 Å². The number of esters is 1. The van der Waals surface area contributed by atoms with E-state index < -0.39 is 0 Å². The lowest BCUT2D eigenvalue weighted by atomic mass is 10.0. The molecule has 1 aliphatic heterocycles. The van der Waals surface area contributed by atoms with Gasteiger partial charge in [0, 0.05) is 18.7 Å². The molecular weight excluding hydrogens is 282 g/mol. The Morgan fingerprint density at radius 1 is 1.50 bits per heavy atom. The lowest BCUT2D eigenvalue weighted by Crippen LogP contribution is -2.32. The van der Waals surface area contributed by atoms with Crippen LogP contribution in [0, 0.1) is 0 Å². The molecule has 0 saturated carbocycles. The molecule has 1 heterocycles. The molecule has 2 rings (SSSR count). The van der Waals surface area contributed by atoms with Gasteiger partial charge in [0.2, 0.25) is 0 Å². The fourth-order valence-corrected chi connectivity index (χ4v) is 2.65. The molecule has 0 spiro atoms. The third kappa shape index (κ3) is 5.09. The van der Waals surface area contributed by atoms with Crippen molar-refractivity contribution in [3.8, 4) is 0 Å². The minimum atomic E-state index is -0.345. The van der Waals surface area contributed by atoms with Crippen LogP contribution in [0.25, 0.3) is 0 Å². The minimum Gasteiger partial charge on any atom is -0.466 e. The number of ether oxygens (including phenoxy) is 3. The third-order valence-corrected chi connectivity index (χ3v) is 3.90. The van der Waals surface area contributed by atoms with Crippen LogP contribution in [-0.2, 0) is 19.0 Å². The van der Waals surface area contributed by atoms with Crippen molar-refractivity contribution in [1.82, 2.24) is 5.32 Å². The van der Waals surface area contributed by atoms with Crippen LogP contribution in [0.4, 0.5) is 0 Å². The summed E-state index contributed by atoms with van der Waals surface area (Å²) >= 11 is 0. The Kier molecular flexibility index (Phi) is 6.36. The van der Waals surface area contributed by atoms with E-state index in [2.05, 4.69) is 23.1 Å². The first-order valence-electron chi connectivity index (χ1n) is 7.76. The molecule has 0 aromatic heterocycles. The molecule has 1 N–H and O–H groups in total. The van der Waals surface area contributed by atoms with E-state index >= 15 is 0 Å². The van der Waals surface area contributed by atoms with Gasteiger partial charge in [0.05, 0.1) is 19.3 Å². The first-order chi connectivity index (χ1) is 10.6. The molecule has 1 fully saturated rings. The second kappa shape index (κ2) is 8.27. The van der Waals surface area contributed by atoms with Crippen molar-refractivity contribution in [1.29, 1.82) is 0 Å². The third-order valence-electron chi connectivity index (χ3n) is 3.90. The Morgan fingerprint density at radius 2 is 2.32 bits per heavy atom. The second-order valence-electron chi connectivity index (χ2n) is 5.61. The SMILES string of the molecule is COC(=O)/C=C\C1=CCC(OCCC2NC(C)OC2C)C=C1. The highest BCUT2D eigenvalue weighted by molar-refractivity contribution is 5.82. The molecule has 2 aliphatic rings. The van der Waals surface area contributed by atoms with Crippen LogP contribution in [0.15, 0.2) is 36.0 Å². The summed E-state index contributed by atoms with van der Waals surface area (Å²) in [4.78, 5) is 11.0. The fourth-order valence-electron chi connectivity index (χ4n) is 2.65. The Bertz CT molecular complexity index is 469. The van der Waals surface area contributed by atoms with E-state index in [0.717, 1.165) is 18.4 Å². The van der Waals surface area contributed by atoms with E-state index in [0.29, 0.717) is 12.6 Å². The predicted molar refractivity (Wildman–Crippen MR) is 84.3 cm³/mol. The van der Waals surface area contributed by atoms with E-state index in [1.807, 2.05) is 19.1 Å². The van der Waals surface area contributed by atoms with Gasteiger partial charge < -0.3 is 14.2 Å². The lowest BCUT2D eigenvalue weighted by molar-refractivity contribution is -0.134. The number of hydrogen-bond donors (Lipinski definition) is 1. The van der Waals surface area contributed by atoms with Gasteiger partial charge in [-0.1, -0.05) is 18.2 Å². The fraction of sp³-hybridized carbons (Fsp3) is 0.588. The average Bonchev–Trinajstić information content (AvgIpc) is 2.84. The maximum Gasteiger partial charge on any atom is 0.330 e. The number of hydrogen-bond acceptors (Lipinski definition) is 5. The van der Waals surface area contributed by atoms with Gasteiger partial charge in [0.15, 0.2) is 0 Å². The van der Waals surface area contributed by atoms with Crippen LogP contribution in [0.1, 0.15) is 26.7 Å². The zero-order chi connectivity index (χ0) is 15.9. The van der Waals surface area contributed by atoms with Gasteiger partial charge in [0.25, 0.3) is 0 Å². The maximum atomic E-state index is 11.0. The Morgan fingerprint density at radius 3 is 2.91 bits per heavy atom. The van der Waals surface area contributed by atoms with Gasteiger partial charge in [-0.25, -0.2) is 4.79 Å². The zero-order valence-electron chi connectivity index (χ0n) is 13.5. The normalized spacial score (nSPS) is 31.5. The minimum absolute atomic E-state index is 0.102. The van der Waals surface area contributed by atoms with E-state index in [-0.39, 0.29) is 24.4 Å². The quantitative estimate of drug-likeness (QED) is 0.601. The Hall–Kier alpha value is -1.43. The molecule has 22 heavy (non-hydrogen) atoms. The van der Waals surface area contributed by atoms with Crippen LogP contribution < -0.4 is 5.32 Å². The molecule has 122 valence electrons. The Labute approximate surface area is 132 Å². The first-order valence-corrected chi connectivity index (χ1v) is 7.76. The summed E-state index contributed by atoms with van der Waals surface area (Å²) in [6.07, 6.45) is 11.4. The smallest absolute Gasteiger partial charge is 0.330 e. The summed E-state index contributed by atoms with van der Waals surface area (Å²) in [7, 11) is 1.37. The molecule has 0 bridgehead atoms. The summed E-state index contributed by atoms with van der Waals surface area (Å²) in [5.41, 5.74) is 0.999. The van der Waals surface area contributed by atoms with Crippen molar-refractivity contribution >= 4 is 5.97 Å². The molecule has 0 aromatic carbocycles. The van der Waals surface area contributed by atoms with Crippen molar-refractivity contribution in [2.24, 2.45) is 0 Å². The van der Waals surface area contributed by atoms with Gasteiger partial charge in [-0.2, -0.15) is 0 Å². The number of carbonyl (C=O) groups is 1. The summed E-state index contributed by atoms with van der Waals surface area (Å²) in [6.45, 7) is 4.81. The van der Waals surface area contributed by atoms with E-state index in [4.69, 9.17) is 9.47 Å². The molecule has 0 aromatic rings. The van der Waals surface area contributed by atoms with Crippen LogP contribution in [-0.4, -0.2) is 44.2 Å². The molecule has 1 aliphatic carbocycles. The standard InChI is InChI=1S/C17H25NO4/c1-12-16(18-13(2)22-12)10-11-21-15-7-4-14(5-8-15)6-9-17(19)20-3/h4-7,9,12-13,15-16,18H,8,10-11H2,1-3H3/b9-6-. The van der Waals surface area contributed by atoms with Gasteiger partial charge in [-0.3, -0.25) is 5.32 Å². The molecule has 5 nitrogen and oxygen atoms in total. The van der Waals surface area contributed by atoms with Crippen LogP contribution in [0.5, 0.6) is 0 Å². The number of carbonyl (C=O) groups excluding carboxylic acids is 1. The van der Waals surface area contributed by atoms with Crippen molar-refractivity contribution in [2.45, 2.75) is 51.2 Å². The van der Waals surface area contributed by atoms with Crippen LogP contribution in [0.3, 0.4) is 0 Å². The van der Waals surface area contributed by atoms with Crippen molar-refractivity contribution < 1.29 is 19.0 Å². The summed E-state index contributed by atoms with van der Waals surface area (Å²) in [5.74, 6) is -0.345. The largest absolute Gasteiger partial charge is 0.466 e. The highest BCUT2D eigenvalue weighted by atomic mass is 16.5. The van der Waals surface area contributed by atoms with Crippen LogP contribution >= 0.6 is 0 Å². The highest BCUT2D eigenvalue weighted by Gasteiger charge is 2.28. The van der Waals surface area contributed by atoms with Crippen LogP contribution in [0.2, 0.25) is 0 Å². The monoisotopic (exact) mass is 307 g/mol. The van der Waals surface area contributed by atoms with Gasteiger partial charge in [-0.05, 0) is 38.3 Å². The molecule has 0 radical (unpaired) electrons. The van der Waals surface area contributed by atoms with E-state index in [1.54, 1.807) is 6.08 Å². The lowest BCUT2D eigenvalue weighted by Gasteiger charge is -2.18. The van der Waals surface area contributed by atoms with Crippen molar-refractivity contribution in [2.75, 3.05) is 13.7 Å². The molecule has 0 amide bonds. The topological polar surface area (TPSA) is 56.8 Å². The Balaban J connectivity index is 1.67. The van der Waals surface area contributed by atoms with E-state index in [1.165, 1.54) is 13.2 Å². The second-order valence-corrected chi connectivity index (χ2v) is 5.61. The molecule has 1 saturated heterocycles. The number of rotatable bonds is 6. The molecule has 5 heteroatoms. The number of methoxy groups -OCH3 is 1. The molecule has 4 atom stereocenters. The summed E-state index contributed by atoms with van der Waals surface area (Å²) in [5, 5.41) is 3.40. The van der Waals surface area contributed by atoms with Gasteiger partial charge >= 0.3 is 5.97 Å². The number of nitrogens with one attached hydrogen (secondary N) is 1.